The molecule has 0 unspecified atom stereocenters. The highest BCUT2D eigenvalue weighted by molar-refractivity contribution is 5.74. The Morgan fingerprint density at radius 3 is 1.79 bits per heavy atom. The first-order valence-corrected chi connectivity index (χ1v) is 8.53. The molecule has 0 aromatic heterocycles. The van der Waals surface area contributed by atoms with Crippen LogP contribution in [0.25, 0.3) is 0 Å². The molecule has 0 heterocycles. The minimum Gasteiger partial charge on any atom is -0.480 e. The second kappa shape index (κ2) is 7.24. The van der Waals surface area contributed by atoms with Crippen molar-refractivity contribution >= 4 is 5.97 Å². The molecule has 1 rings (SSSR count). The van der Waals surface area contributed by atoms with Crippen molar-refractivity contribution in [3.63, 3.8) is 0 Å². The van der Waals surface area contributed by atoms with Gasteiger partial charge in [0.15, 0.2) is 0 Å². The Balaban J connectivity index is 3.64. The molecule has 0 fully saturated rings. The summed E-state index contributed by atoms with van der Waals surface area (Å²) in [4.78, 5) is 13.5. The molecule has 0 saturated heterocycles. The zero-order valence-electron chi connectivity index (χ0n) is 16.5. The van der Waals surface area contributed by atoms with Crippen molar-refractivity contribution in [2.45, 2.75) is 71.4 Å². The number of carboxylic acid groups (broad SMARTS) is 1. The molecule has 0 aliphatic carbocycles. The minimum absolute atomic E-state index is 0.0735. The molecule has 24 heavy (non-hydrogen) atoms. The van der Waals surface area contributed by atoms with Crippen LogP contribution in [-0.2, 0) is 28.6 Å². The lowest BCUT2D eigenvalue weighted by molar-refractivity contribution is -0.138. The lowest BCUT2D eigenvalue weighted by Gasteiger charge is -2.32. The summed E-state index contributed by atoms with van der Waals surface area (Å²) < 4.78 is 0. The van der Waals surface area contributed by atoms with Crippen LogP contribution in [0.1, 0.15) is 63.8 Å². The van der Waals surface area contributed by atoms with Crippen LogP contribution in [0.15, 0.2) is 12.1 Å². The third kappa shape index (κ3) is 5.32. The lowest BCUT2D eigenvalue weighted by Crippen LogP contribution is -2.35. The smallest absolute Gasteiger partial charge is 0.320 e. The van der Waals surface area contributed by atoms with E-state index >= 15 is 0 Å². The number of hydrogen-bond donors (Lipinski definition) is 2. The Hall–Kier alpha value is -1.39. The van der Waals surface area contributed by atoms with E-state index in [0.29, 0.717) is 6.42 Å². The standard InChI is InChI=1S/C20H34N2O2/c1-19(2,3)15-9-13(12-22(7)8)10-16(20(4,5)6)14(15)11-17(21)18(23)24/h9-10,17H,11-12,21H2,1-8H3,(H,23,24)/t17-/m0/s1. The van der Waals surface area contributed by atoms with Gasteiger partial charge in [-0.05, 0) is 53.6 Å². The van der Waals surface area contributed by atoms with Crippen LogP contribution in [0, 0.1) is 0 Å². The monoisotopic (exact) mass is 334 g/mol. The average molecular weight is 335 g/mol. The highest BCUT2D eigenvalue weighted by Gasteiger charge is 2.28. The Morgan fingerprint density at radius 1 is 1.08 bits per heavy atom. The number of nitrogens with zero attached hydrogens (tertiary/aromatic N) is 1. The summed E-state index contributed by atoms with van der Waals surface area (Å²) in [6.07, 6.45) is 0.358. The van der Waals surface area contributed by atoms with E-state index in [1.165, 1.54) is 16.7 Å². The molecule has 3 N–H and O–H groups in total. The molecule has 0 radical (unpaired) electrons. The molecule has 4 nitrogen and oxygen atoms in total. The number of aliphatic carboxylic acids is 1. The molecule has 1 aromatic carbocycles. The van der Waals surface area contributed by atoms with Crippen molar-refractivity contribution in [1.29, 1.82) is 0 Å². The summed E-state index contributed by atoms with van der Waals surface area (Å²) in [5.41, 5.74) is 10.5. The van der Waals surface area contributed by atoms with Crippen LogP contribution in [0.3, 0.4) is 0 Å². The summed E-state index contributed by atoms with van der Waals surface area (Å²) >= 11 is 0. The van der Waals surface area contributed by atoms with E-state index in [4.69, 9.17) is 5.73 Å². The maximum absolute atomic E-state index is 11.3. The number of rotatable bonds is 5. The fourth-order valence-corrected chi connectivity index (χ4v) is 3.05. The fourth-order valence-electron chi connectivity index (χ4n) is 3.05. The maximum Gasteiger partial charge on any atom is 0.320 e. The second-order valence-electron chi connectivity index (χ2n) is 9.06. The van der Waals surface area contributed by atoms with Crippen molar-refractivity contribution in [3.8, 4) is 0 Å². The molecule has 0 bridgehead atoms. The predicted molar refractivity (Wildman–Crippen MR) is 101 cm³/mol. The zero-order valence-corrected chi connectivity index (χ0v) is 16.5. The lowest BCUT2D eigenvalue weighted by atomic mass is 9.73. The van der Waals surface area contributed by atoms with Gasteiger partial charge < -0.3 is 15.7 Å². The normalized spacial score (nSPS) is 14.1. The van der Waals surface area contributed by atoms with Gasteiger partial charge in [0.05, 0.1) is 0 Å². The van der Waals surface area contributed by atoms with Crippen molar-refractivity contribution in [2.75, 3.05) is 14.1 Å². The van der Waals surface area contributed by atoms with Crippen LogP contribution in [0.4, 0.5) is 0 Å². The van der Waals surface area contributed by atoms with Gasteiger partial charge in [-0.25, -0.2) is 0 Å². The van der Waals surface area contributed by atoms with E-state index in [9.17, 15) is 9.90 Å². The number of carbonyl (C=O) groups is 1. The van der Waals surface area contributed by atoms with Crippen LogP contribution >= 0.6 is 0 Å². The molecule has 0 saturated carbocycles. The van der Waals surface area contributed by atoms with Crippen LogP contribution in [-0.4, -0.2) is 36.1 Å². The third-order valence-corrected chi connectivity index (χ3v) is 4.17. The van der Waals surface area contributed by atoms with Crippen LogP contribution in [0.5, 0.6) is 0 Å². The van der Waals surface area contributed by atoms with Gasteiger partial charge in [0.1, 0.15) is 6.04 Å². The predicted octanol–water partition coefficient (Wildman–Crippen LogP) is 3.30. The van der Waals surface area contributed by atoms with Gasteiger partial charge in [-0.1, -0.05) is 53.7 Å². The molecular weight excluding hydrogens is 300 g/mol. The molecule has 0 spiro atoms. The summed E-state index contributed by atoms with van der Waals surface area (Å²) in [6, 6.07) is 3.56. The summed E-state index contributed by atoms with van der Waals surface area (Å²) in [6.45, 7) is 13.9. The molecular formula is C20H34N2O2. The van der Waals surface area contributed by atoms with Crippen molar-refractivity contribution in [3.05, 3.63) is 34.4 Å². The molecule has 0 amide bonds. The Morgan fingerprint density at radius 2 is 1.50 bits per heavy atom. The quantitative estimate of drug-likeness (QED) is 0.867. The first-order valence-electron chi connectivity index (χ1n) is 8.53. The van der Waals surface area contributed by atoms with Gasteiger partial charge in [-0.15, -0.1) is 0 Å². The minimum atomic E-state index is -0.952. The van der Waals surface area contributed by atoms with Gasteiger partial charge in [0.25, 0.3) is 0 Å². The van der Waals surface area contributed by atoms with Gasteiger partial charge in [-0.2, -0.15) is 0 Å². The number of benzene rings is 1. The molecule has 4 heteroatoms. The number of carboxylic acids is 1. The summed E-state index contributed by atoms with van der Waals surface area (Å²) in [5.74, 6) is -0.952. The Kier molecular flexibility index (Phi) is 6.23. The molecule has 136 valence electrons. The Bertz CT molecular complexity index is 558. The van der Waals surface area contributed by atoms with E-state index in [-0.39, 0.29) is 10.8 Å². The summed E-state index contributed by atoms with van der Waals surface area (Å²) in [5, 5.41) is 9.27. The highest BCUT2D eigenvalue weighted by Crippen LogP contribution is 2.36. The zero-order chi connectivity index (χ0) is 18.9. The first-order chi connectivity index (χ1) is 10.7. The summed E-state index contributed by atoms with van der Waals surface area (Å²) in [7, 11) is 4.11. The maximum atomic E-state index is 11.3. The van der Waals surface area contributed by atoms with Crippen molar-refractivity contribution < 1.29 is 9.90 Å². The SMILES string of the molecule is CN(C)Cc1cc(C(C)(C)C)c(C[C@H](N)C(=O)O)c(C(C)(C)C)c1. The molecule has 0 aliphatic rings. The van der Waals surface area contributed by atoms with Gasteiger partial charge in [0, 0.05) is 6.54 Å². The molecule has 1 aromatic rings. The molecule has 1 atom stereocenters. The number of nitrogens with two attached hydrogens (primary N) is 1. The third-order valence-electron chi connectivity index (χ3n) is 4.17. The number of hydrogen-bond acceptors (Lipinski definition) is 3. The van der Waals surface area contributed by atoms with E-state index in [1.54, 1.807) is 0 Å². The van der Waals surface area contributed by atoms with Crippen molar-refractivity contribution in [1.82, 2.24) is 4.90 Å². The fraction of sp³-hybridized carbons (Fsp3) is 0.650. The van der Waals surface area contributed by atoms with Crippen molar-refractivity contribution in [2.24, 2.45) is 5.73 Å². The second-order valence-corrected chi connectivity index (χ2v) is 9.06. The molecule has 0 aliphatic heterocycles. The van der Waals surface area contributed by atoms with E-state index in [1.807, 2.05) is 0 Å². The van der Waals surface area contributed by atoms with Crippen LogP contribution in [0.2, 0.25) is 0 Å². The largest absolute Gasteiger partial charge is 0.480 e. The van der Waals surface area contributed by atoms with E-state index in [0.717, 1.165) is 12.1 Å². The van der Waals surface area contributed by atoms with E-state index < -0.39 is 12.0 Å². The van der Waals surface area contributed by atoms with E-state index in [2.05, 4.69) is 72.7 Å². The first kappa shape index (κ1) is 20.7. The van der Waals surface area contributed by atoms with Gasteiger partial charge in [0.2, 0.25) is 0 Å². The highest BCUT2D eigenvalue weighted by atomic mass is 16.4. The topological polar surface area (TPSA) is 66.6 Å². The average Bonchev–Trinajstić information content (AvgIpc) is 2.36. The Labute approximate surface area is 147 Å². The van der Waals surface area contributed by atoms with Crippen LogP contribution < -0.4 is 5.73 Å². The van der Waals surface area contributed by atoms with Gasteiger partial charge in [-0.3, -0.25) is 4.79 Å². The van der Waals surface area contributed by atoms with Gasteiger partial charge >= 0.3 is 5.97 Å².